The van der Waals surface area contributed by atoms with E-state index >= 15 is 0 Å². The summed E-state index contributed by atoms with van der Waals surface area (Å²) in [6, 6.07) is 15.5. The number of amides is 1. The Morgan fingerprint density at radius 2 is 1.52 bits per heavy atom. The highest BCUT2D eigenvalue weighted by atomic mass is 32.2. The minimum atomic E-state index is -3.09. The third kappa shape index (κ3) is 5.82. The molecule has 0 bridgehead atoms. The minimum Gasteiger partial charge on any atom is -0.484 e. The van der Waals surface area contributed by atoms with E-state index in [1.165, 1.54) is 11.1 Å². The molecule has 1 saturated heterocycles. The van der Waals surface area contributed by atoms with E-state index in [9.17, 15) is 13.2 Å². The van der Waals surface area contributed by atoms with Crippen LogP contribution in [0.5, 0.6) is 5.75 Å². The summed E-state index contributed by atoms with van der Waals surface area (Å²) in [5, 5.41) is 0. The van der Waals surface area contributed by atoms with Crippen LogP contribution in [-0.2, 0) is 34.0 Å². The van der Waals surface area contributed by atoms with Crippen LogP contribution in [0.3, 0.4) is 0 Å². The van der Waals surface area contributed by atoms with Gasteiger partial charge in [0.2, 0.25) is 0 Å². The second-order valence-electron chi connectivity index (χ2n) is 7.53. The molecule has 5 nitrogen and oxygen atoms in total. The summed E-state index contributed by atoms with van der Waals surface area (Å²) in [6.45, 7) is 4.47. The Labute approximate surface area is 173 Å². The van der Waals surface area contributed by atoms with Gasteiger partial charge in [-0.05, 0) is 48.1 Å². The maximum Gasteiger partial charge on any atom is 0.261 e. The first-order valence-electron chi connectivity index (χ1n) is 10.2. The Kier molecular flexibility index (Phi) is 6.96. The van der Waals surface area contributed by atoms with Crippen molar-refractivity contribution in [1.82, 2.24) is 4.90 Å². The summed E-state index contributed by atoms with van der Waals surface area (Å²) < 4.78 is 29.6. The van der Waals surface area contributed by atoms with Gasteiger partial charge in [-0.15, -0.1) is 0 Å². The third-order valence-electron chi connectivity index (χ3n) is 5.45. The normalized spacial score (nSPS) is 17.8. The van der Waals surface area contributed by atoms with Gasteiger partial charge in [0.05, 0.1) is 11.5 Å². The van der Waals surface area contributed by atoms with E-state index < -0.39 is 9.84 Å². The number of hydrogen-bond acceptors (Lipinski definition) is 4. The van der Waals surface area contributed by atoms with Gasteiger partial charge in [0, 0.05) is 12.6 Å². The van der Waals surface area contributed by atoms with Crippen molar-refractivity contribution in [2.24, 2.45) is 0 Å². The van der Waals surface area contributed by atoms with Crippen molar-refractivity contribution in [2.75, 3.05) is 18.1 Å². The average molecular weight is 416 g/mol. The summed E-state index contributed by atoms with van der Waals surface area (Å²) in [7, 11) is -3.09. The van der Waals surface area contributed by atoms with Crippen molar-refractivity contribution in [3.05, 3.63) is 65.2 Å². The van der Waals surface area contributed by atoms with Gasteiger partial charge in [-0.3, -0.25) is 4.79 Å². The number of nitrogens with zero attached hydrogens (tertiary/aromatic N) is 1. The van der Waals surface area contributed by atoms with Crippen LogP contribution in [0.4, 0.5) is 0 Å². The van der Waals surface area contributed by atoms with E-state index in [1.807, 2.05) is 36.4 Å². The first kappa shape index (κ1) is 21.4. The molecule has 0 radical (unpaired) electrons. The van der Waals surface area contributed by atoms with Crippen molar-refractivity contribution in [3.63, 3.8) is 0 Å². The fourth-order valence-corrected chi connectivity index (χ4v) is 5.30. The van der Waals surface area contributed by atoms with Gasteiger partial charge < -0.3 is 9.64 Å². The van der Waals surface area contributed by atoms with Crippen molar-refractivity contribution in [1.29, 1.82) is 0 Å². The minimum absolute atomic E-state index is 0.0248. The molecule has 0 aliphatic carbocycles. The molecule has 2 aromatic rings. The van der Waals surface area contributed by atoms with E-state index in [4.69, 9.17) is 4.74 Å². The van der Waals surface area contributed by atoms with Gasteiger partial charge >= 0.3 is 0 Å². The smallest absolute Gasteiger partial charge is 0.261 e. The monoisotopic (exact) mass is 415 g/mol. The molecule has 6 heteroatoms. The number of aryl methyl sites for hydroxylation is 2. The SMILES string of the molecule is CCc1ccc(CN(C(=O)COc2ccc(CC)cc2)[C@H]2CCS(=O)(=O)C2)cc1. The van der Waals surface area contributed by atoms with Gasteiger partial charge in [0.15, 0.2) is 16.4 Å². The maximum absolute atomic E-state index is 13.0. The average Bonchev–Trinajstić information content (AvgIpc) is 3.10. The summed E-state index contributed by atoms with van der Waals surface area (Å²) in [5.41, 5.74) is 3.43. The number of rotatable bonds is 8. The number of sulfone groups is 1. The van der Waals surface area contributed by atoms with E-state index in [2.05, 4.69) is 26.0 Å². The summed E-state index contributed by atoms with van der Waals surface area (Å²) in [5.74, 6) is 0.611. The van der Waals surface area contributed by atoms with Gasteiger partial charge in [0.25, 0.3) is 5.91 Å². The van der Waals surface area contributed by atoms with Crippen LogP contribution in [-0.4, -0.2) is 43.4 Å². The zero-order valence-electron chi connectivity index (χ0n) is 17.1. The van der Waals surface area contributed by atoms with E-state index in [1.54, 1.807) is 4.90 Å². The molecule has 29 heavy (non-hydrogen) atoms. The second kappa shape index (κ2) is 9.44. The largest absolute Gasteiger partial charge is 0.484 e. The lowest BCUT2D eigenvalue weighted by molar-refractivity contribution is -0.136. The molecule has 0 spiro atoms. The van der Waals surface area contributed by atoms with E-state index in [0.717, 1.165) is 18.4 Å². The lowest BCUT2D eigenvalue weighted by atomic mass is 10.1. The Morgan fingerprint density at radius 1 is 0.966 bits per heavy atom. The third-order valence-corrected chi connectivity index (χ3v) is 7.20. The zero-order valence-corrected chi connectivity index (χ0v) is 18.0. The van der Waals surface area contributed by atoms with Crippen LogP contribution >= 0.6 is 0 Å². The van der Waals surface area contributed by atoms with Crippen LogP contribution in [0.2, 0.25) is 0 Å². The molecular formula is C23H29NO4S. The van der Waals surface area contributed by atoms with Gasteiger partial charge in [0.1, 0.15) is 5.75 Å². The van der Waals surface area contributed by atoms with Gasteiger partial charge in [-0.25, -0.2) is 8.42 Å². The quantitative estimate of drug-likeness (QED) is 0.663. The zero-order chi connectivity index (χ0) is 20.9. The number of carbonyl (C=O) groups excluding carboxylic acids is 1. The molecule has 2 aromatic carbocycles. The summed E-state index contributed by atoms with van der Waals surface area (Å²) in [4.78, 5) is 14.6. The molecule has 0 saturated carbocycles. The Bertz CT molecular complexity index is 920. The molecule has 0 aromatic heterocycles. The number of ether oxygens (including phenoxy) is 1. The molecule has 0 unspecified atom stereocenters. The van der Waals surface area contributed by atoms with E-state index in [0.29, 0.717) is 18.7 Å². The standard InChI is InChI=1S/C23H29NO4S/c1-3-18-5-7-20(8-6-18)15-24(21-13-14-29(26,27)17-21)23(25)16-28-22-11-9-19(4-2)10-12-22/h5-12,21H,3-4,13-17H2,1-2H3/t21-/m0/s1. The molecule has 1 aliphatic rings. The number of carbonyl (C=O) groups is 1. The topological polar surface area (TPSA) is 63.7 Å². The first-order valence-corrected chi connectivity index (χ1v) is 12.0. The molecule has 1 fully saturated rings. The molecular weight excluding hydrogens is 386 g/mol. The Balaban J connectivity index is 1.71. The second-order valence-corrected chi connectivity index (χ2v) is 9.76. The maximum atomic E-state index is 13.0. The predicted octanol–water partition coefficient (Wildman–Crippen LogP) is 3.41. The van der Waals surface area contributed by atoms with Crippen LogP contribution in [0.25, 0.3) is 0 Å². The van der Waals surface area contributed by atoms with Crippen molar-refractivity contribution in [2.45, 2.75) is 45.7 Å². The highest BCUT2D eigenvalue weighted by Crippen LogP contribution is 2.21. The lowest BCUT2D eigenvalue weighted by Gasteiger charge is -2.28. The summed E-state index contributed by atoms with van der Waals surface area (Å²) in [6.07, 6.45) is 2.38. The van der Waals surface area contributed by atoms with Crippen LogP contribution in [0, 0.1) is 0 Å². The van der Waals surface area contributed by atoms with Crippen LogP contribution < -0.4 is 4.74 Å². The predicted molar refractivity (Wildman–Crippen MR) is 115 cm³/mol. The highest BCUT2D eigenvalue weighted by Gasteiger charge is 2.34. The van der Waals surface area contributed by atoms with E-state index in [-0.39, 0.29) is 30.1 Å². The van der Waals surface area contributed by atoms with Crippen molar-refractivity contribution < 1.29 is 17.9 Å². The van der Waals surface area contributed by atoms with Crippen molar-refractivity contribution in [3.8, 4) is 5.75 Å². The molecule has 156 valence electrons. The Morgan fingerprint density at radius 3 is 2.03 bits per heavy atom. The molecule has 0 N–H and O–H groups in total. The molecule has 1 aliphatic heterocycles. The first-order chi connectivity index (χ1) is 13.9. The van der Waals surface area contributed by atoms with Crippen molar-refractivity contribution >= 4 is 15.7 Å². The molecule has 3 rings (SSSR count). The van der Waals surface area contributed by atoms with Gasteiger partial charge in [-0.1, -0.05) is 50.2 Å². The molecule has 1 amide bonds. The highest BCUT2D eigenvalue weighted by molar-refractivity contribution is 7.91. The molecule has 1 heterocycles. The molecule has 1 atom stereocenters. The van der Waals surface area contributed by atoms with Crippen LogP contribution in [0.1, 0.15) is 37.0 Å². The number of hydrogen-bond donors (Lipinski definition) is 0. The van der Waals surface area contributed by atoms with Crippen LogP contribution in [0.15, 0.2) is 48.5 Å². The van der Waals surface area contributed by atoms with Gasteiger partial charge in [-0.2, -0.15) is 0 Å². The Hall–Kier alpha value is -2.34. The fourth-order valence-electron chi connectivity index (χ4n) is 3.57. The fraction of sp³-hybridized carbons (Fsp3) is 0.435. The number of benzene rings is 2. The lowest BCUT2D eigenvalue weighted by Crippen LogP contribution is -2.43. The summed E-state index contributed by atoms with van der Waals surface area (Å²) >= 11 is 0.